The van der Waals surface area contributed by atoms with Gasteiger partial charge in [0, 0.05) is 22.3 Å². The molecule has 1 heterocycles. The molecule has 24 heavy (non-hydrogen) atoms. The highest BCUT2D eigenvalue weighted by Gasteiger charge is 2.17. The van der Waals surface area contributed by atoms with Crippen molar-refractivity contribution < 1.29 is 4.79 Å². The summed E-state index contributed by atoms with van der Waals surface area (Å²) in [5.74, 6) is 0.490. The molecule has 6 heteroatoms. The number of nitrogens with one attached hydrogen (secondary N) is 2. The molecule has 0 bridgehead atoms. The second-order valence-corrected chi connectivity index (χ2v) is 7.10. The number of rotatable bonds is 4. The normalized spacial score (nSPS) is 15.1. The van der Waals surface area contributed by atoms with Crippen molar-refractivity contribution in [3.05, 3.63) is 46.3 Å². The highest BCUT2D eigenvalue weighted by Crippen LogP contribution is 2.23. The van der Waals surface area contributed by atoms with Crippen LogP contribution in [0, 0.1) is 6.92 Å². The van der Waals surface area contributed by atoms with E-state index in [1.807, 2.05) is 25.1 Å². The number of benzene rings is 1. The zero-order valence-electron chi connectivity index (χ0n) is 13.7. The minimum absolute atomic E-state index is 0.125. The van der Waals surface area contributed by atoms with Gasteiger partial charge in [-0.05, 0) is 43.5 Å². The van der Waals surface area contributed by atoms with Gasteiger partial charge in [-0.1, -0.05) is 35.2 Å². The van der Waals surface area contributed by atoms with Crippen molar-refractivity contribution in [3.63, 3.8) is 0 Å². The first-order valence-corrected chi connectivity index (χ1v) is 9.07. The second-order valence-electron chi connectivity index (χ2n) is 6.18. The molecule has 1 aromatic heterocycles. The third kappa shape index (κ3) is 4.32. The summed E-state index contributed by atoms with van der Waals surface area (Å²) in [6, 6.07) is 7.93. The molecule has 0 spiro atoms. The lowest BCUT2D eigenvalue weighted by molar-refractivity contribution is 0.0922. The number of anilines is 2. The van der Waals surface area contributed by atoms with Crippen LogP contribution in [-0.4, -0.2) is 21.9 Å². The molecular weight excluding hydrogens is 368 g/mol. The number of nitrogens with zero attached hydrogens (tertiary/aromatic N) is 2. The van der Waals surface area contributed by atoms with Crippen molar-refractivity contribution in [2.75, 3.05) is 5.32 Å². The Hall–Kier alpha value is -1.95. The monoisotopic (exact) mass is 388 g/mol. The van der Waals surface area contributed by atoms with Gasteiger partial charge in [0.1, 0.15) is 17.8 Å². The fourth-order valence-electron chi connectivity index (χ4n) is 2.96. The Morgan fingerprint density at radius 3 is 2.71 bits per heavy atom. The standard InChI is InChI=1S/C18H21BrN4O/c1-12-9-13(19)7-8-15(12)23-17-10-16(20-11-21-17)18(24)22-14-5-3-2-4-6-14/h7-11,14H,2-6H2,1H3,(H,22,24)(H,20,21,23). The van der Waals surface area contributed by atoms with E-state index in [2.05, 4.69) is 36.5 Å². The molecule has 1 amide bonds. The van der Waals surface area contributed by atoms with E-state index in [0.29, 0.717) is 11.5 Å². The number of aromatic nitrogens is 2. The number of hydrogen-bond acceptors (Lipinski definition) is 4. The Labute approximate surface area is 150 Å². The summed E-state index contributed by atoms with van der Waals surface area (Å²) in [6.45, 7) is 2.02. The van der Waals surface area contributed by atoms with Crippen molar-refractivity contribution in [1.29, 1.82) is 0 Å². The molecule has 1 aliphatic rings. The van der Waals surface area contributed by atoms with Gasteiger partial charge in [0.25, 0.3) is 5.91 Å². The summed E-state index contributed by atoms with van der Waals surface area (Å²) in [7, 11) is 0. The van der Waals surface area contributed by atoms with Crippen LogP contribution in [0.15, 0.2) is 35.1 Å². The lowest BCUT2D eigenvalue weighted by Crippen LogP contribution is -2.36. The van der Waals surface area contributed by atoms with Crippen LogP contribution in [0.25, 0.3) is 0 Å². The topological polar surface area (TPSA) is 66.9 Å². The van der Waals surface area contributed by atoms with E-state index in [4.69, 9.17) is 0 Å². The number of carbonyl (C=O) groups excluding carboxylic acids is 1. The zero-order valence-corrected chi connectivity index (χ0v) is 15.3. The number of hydrogen-bond donors (Lipinski definition) is 2. The first-order valence-electron chi connectivity index (χ1n) is 8.28. The molecule has 0 radical (unpaired) electrons. The molecule has 0 saturated heterocycles. The van der Waals surface area contributed by atoms with Crippen molar-refractivity contribution in [2.45, 2.75) is 45.1 Å². The number of aryl methyl sites for hydroxylation is 1. The summed E-state index contributed by atoms with van der Waals surface area (Å²) in [6.07, 6.45) is 7.17. The first-order chi connectivity index (χ1) is 11.6. The van der Waals surface area contributed by atoms with E-state index in [1.54, 1.807) is 6.07 Å². The van der Waals surface area contributed by atoms with Crippen LogP contribution >= 0.6 is 15.9 Å². The van der Waals surface area contributed by atoms with E-state index < -0.39 is 0 Å². The minimum Gasteiger partial charge on any atom is -0.348 e. The second kappa shape index (κ2) is 7.75. The van der Waals surface area contributed by atoms with Gasteiger partial charge in [0.15, 0.2) is 0 Å². The van der Waals surface area contributed by atoms with Crippen LogP contribution in [0.5, 0.6) is 0 Å². The first kappa shape index (κ1) is 16.9. The third-order valence-corrected chi connectivity index (χ3v) is 4.78. The fraction of sp³-hybridized carbons (Fsp3) is 0.389. The van der Waals surface area contributed by atoms with Gasteiger partial charge in [-0.2, -0.15) is 0 Å². The molecule has 1 aromatic carbocycles. The van der Waals surface area contributed by atoms with Crippen LogP contribution in [0.4, 0.5) is 11.5 Å². The maximum atomic E-state index is 12.4. The molecule has 3 rings (SSSR count). The molecule has 126 valence electrons. The molecule has 0 unspecified atom stereocenters. The molecule has 1 fully saturated rings. The molecule has 2 aromatic rings. The Kier molecular flexibility index (Phi) is 5.45. The molecular formula is C18H21BrN4O. The van der Waals surface area contributed by atoms with Gasteiger partial charge in [0.05, 0.1) is 0 Å². The van der Waals surface area contributed by atoms with Gasteiger partial charge < -0.3 is 10.6 Å². The minimum atomic E-state index is -0.125. The van der Waals surface area contributed by atoms with Crippen molar-refractivity contribution in [3.8, 4) is 0 Å². The van der Waals surface area contributed by atoms with E-state index in [1.165, 1.54) is 25.6 Å². The van der Waals surface area contributed by atoms with Crippen LogP contribution in [0.2, 0.25) is 0 Å². The fourth-order valence-corrected chi connectivity index (χ4v) is 3.44. The summed E-state index contributed by atoms with van der Waals surface area (Å²) in [5.41, 5.74) is 2.44. The molecule has 0 aliphatic heterocycles. The Balaban J connectivity index is 1.70. The maximum Gasteiger partial charge on any atom is 0.270 e. The third-order valence-electron chi connectivity index (χ3n) is 4.29. The van der Waals surface area contributed by atoms with E-state index >= 15 is 0 Å². The van der Waals surface area contributed by atoms with Gasteiger partial charge in [-0.25, -0.2) is 9.97 Å². The van der Waals surface area contributed by atoms with Crippen LogP contribution in [-0.2, 0) is 0 Å². The average Bonchev–Trinajstić information content (AvgIpc) is 2.59. The molecule has 5 nitrogen and oxygen atoms in total. The van der Waals surface area contributed by atoms with E-state index in [-0.39, 0.29) is 11.9 Å². The van der Waals surface area contributed by atoms with Crippen molar-refractivity contribution in [2.24, 2.45) is 0 Å². The van der Waals surface area contributed by atoms with Gasteiger partial charge in [-0.15, -0.1) is 0 Å². The average molecular weight is 389 g/mol. The number of amides is 1. The quantitative estimate of drug-likeness (QED) is 0.816. The molecule has 2 N–H and O–H groups in total. The number of carbonyl (C=O) groups is 1. The maximum absolute atomic E-state index is 12.4. The molecule has 1 saturated carbocycles. The summed E-state index contributed by atoms with van der Waals surface area (Å²) >= 11 is 3.45. The Bertz CT molecular complexity index is 729. The van der Waals surface area contributed by atoms with E-state index in [9.17, 15) is 4.79 Å². The zero-order chi connectivity index (χ0) is 16.9. The highest BCUT2D eigenvalue weighted by atomic mass is 79.9. The predicted molar refractivity (Wildman–Crippen MR) is 98.5 cm³/mol. The lowest BCUT2D eigenvalue weighted by Gasteiger charge is -2.22. The van der Waals surface area contributed by atoms with Crippen LogP contribution < -0.4 is 10.6 Å². The smallest absolute Gasteiger partial charge is 0.270 e. The largest absolute Gasteiger partial charge is 0.348 e. The lowest BCUT2D eigenvalue weighted by atomic mass is 9.95. The van der Waals surface area contributed by atoms with Gasteiger partial charge in [-0.3, -0.25) is 4.79 Å². The van der Waals surface area contributed by atoms with Crippen molar-refractivity contribution in [1.82, 2.24) is 15.3 Å². The Morgan fingerprint density at radius 2 is 1.96 bits per heavy atom. The number of halogens is 1. The molecule has 1 aliphatic carbocycles. The highest BCUT2D eigenvalue weighted by molar-refractivity contribution is 9.10. The molecule has 0 atom stereocenters. The van der Waals surface area contributed by atoms with Crippen LogP contribution in [0.1, 0.15) is 48.2 Å². The SMILES string of the molecule is Cc1cc(Br)ccc1Nc1cc(C(=O)NC2CCCCC2)ncn1. The summed E-state index contributed by atoms with van der Waals surface area (Å²) < 4.78 is 1.03. The van der Waals surface area contributed by atoms with Gasteiger partial charge in [0.2, 0.25) is 0 Å². The van der Waals surface area contributed by atoms with E-state index in [0.717, 1.165) is 28.6 Å². The predicted octanol–water partition coefficient (Wildman–Crippen LogP) is 4.35. The Morgan fingerprint density at radius 1 is 1.17 bits per heavy atom. The van der Waals surface area contributed by atoms with Gasteiger partial charge >= 0.3 is 0 Å². The van der Waals surface area contributed by atoms with Crippen LogP contribution in [0.3, 0.4) is 0 Å². The summed E-state index contributed by atoms with van der Waals surface area (Å²) in [4.78, 5) is 20.7. The van der Waals surface area contributed by atoms with Crippen molar-refractivity contribution >= 4 is 33.3 Å². The summed E-state index contributed by atoms with van der Waals surface area (Å²) in [5, 5.41) is 6.33.